The second kappa shape index (κ2) is 8.07. The molecule has 4 aromatic rings. The van der Waals surface area contributed by atoms with Gasteiger partial charge in [0.2, 0.25) is 9.84 Å². The van der Waals surface area contributed by atoms with Crippen molar-refractivity contribution in [2.45, 2.75) is 9.79 Å². The molecule has 0 atom stereocenters. The minimum atomic E-state index is -3.93. The zero-order valence-electron chi connectivity index (χ0n) is 15.4. The summed E-state index contributed by atoms with van der Waals surface area (Å²) in [6, 6.07) is 17.3. The van der Waals surface area contributed by atoms with E-state index in [2.05, 4.69) is 4.98 Å². The second-order valence-corrected chi connectivity index (χ2v) is 9.21. The Balaban J connectivity index is 2.03. The van der Waals surface area contributed by atoms with E-state index in [1.807, 2.05) is 0 Å². The summed E-state index contributed by atoms with van der Waals surface area (Å²) in [5, 5.41) is 0.763. The molecule has 4 rings (SSSR count). The molecule has 2 aromatic carbocycles. The van der Waals surface area contributed by atoms with Crippen molar-refractivity contribution in [2.24, 2.45) is 0 Å². The Kier molecular flexibility index (Phi) is 5.47. The molecule has 5 nitrogen and oxygen atoms in total. The normalized spacial score (nSPS) is 11.4. The number of halogens is 2. The summed E-state index contributed by atoms with van der Waals surface area (Å²) in [5.74, 6) is 0. The molecule has 0 amide bonds. The fourth-order valence-corrected chi connectivity index (χ4v) is 4.66. The van der Waals surface area contributed by atoms with E-state index in [9.17, 15) is 13.2 Å². The fourth-order valence-electron chi connectivity index (χ4n) is 3.01. The highest BCUT2D eigenvalue weighted by Crippen LogP contribution is 2.29. The summed E-state index contributed by atoms with van der Waals surface area (Å²) in [7, 11) is -3.93. The van der Waals surface area contributed by atoms with Gasteiger partial charge in [-0.3, -0.25) is 14.3 Å². The fraction of sp³-hybridized carbons (Fsp3) is 0. The number of sulfone groups is 1. The highest BCUT2D eigenvalue weighted by Gasteiger charge is 2.22. The topological polar surface area (TPSA) is 69.0 Å². The number of benzene rings is 2. The average Bonchev–Trinajstić information content (AvgIpc) is 2.75. The van der Waals surface area contributed by atoms with Gasteiger partial charge in [-0.15, -0.1) is 0 Å². The molecule has 30 heavy (non-hydrogen) atoms. The predicted molar refractivity (Wildman–Crippen MR) is 117 cm³/mol. The lowest BCUT2D eigenvalue weighted by Gasteiger charge is -2.13. The molecule has 0 aliphatic carbocycles. The highest BCUT2D eigenvalue weighted by molar-refractivity contribution is 7.91. The van der Waals surface area contributed by atoms with Crippen LogP contribution < -0.4 is 5.56 Å². The third kappa shape index (κ3) is 3.77. The maximum atomic E-state index is 13.3. The number of pyridine rings is 2. The van der Waals surface area contributed by atoms with Crippen LogP contribution >= 0.6 is 23.2 Å². The lowest BCUT2D eigenvalue weighted by atomic mass is 10.1. The van der Waals surface area contributed by atoms with Gasteiger partial charge in [-0.05, 0) is 48.5 Å². The number of rotatable bonds is 4. The van der Waals surface area contributed by atoms with Crippen molar-refractivity contribution in [3.8, 4) is 16.8 Å². The highest BCUT2D eigenvalue weighted by atomic mass is 35.5. The van der Waals surface area contributed by atoms with Crippen LogP contribution in [0.15, 0.2) is 99.9 Å². The summed E-state index contributed by atoms with van der Waals surface area (Å²) in [6.45, 7) is 0. The molecule has 2 heterocycles. The smallest absolute Gasteiger partial charge is 0.263 e. The minimum Gasteiger partial charge on any atom is -0.281 e. The van der Waals surface area contributed by atoms with Crippen LogP contribution in [0, 0.1) is 0 Å². The SMILES string of the molecule is O=c1c(-c2ccccc2Cl)cc(S(=O)(=O)c2ccc(Cl)cc2)cn1-c1cccnc1. The van der Waals surface area contributed by atoms with Gasteiger partial charge in [-0.1, -0.05) is 41.4 Å². The molecule has 2 aromatic heterocycles. The Hall–Kier alpha value is -2.93. The molecule has 0 bridgehead atoms. The third-order valence-electron chi connectivity index (χ3n) is 4.51. The molecule has 0 saturated carbocycles. The van der Waals surface area contributed by atoms with Gasteiger partial charge >= 0.3 is 0 Å². The van der Waals surface area contributed by atoms with Crippen LogP contribution in [0.4, 0.5) is 0 Å². The lowest BCUT2D eigenvalue weighted by Crippen LogP contribution is -2.22. The van der Waals surface area contributed by atoms with Crippen molar-refractivity contribution in [1.29, 1.82) is 0 Å². The van der Waals surface area contributed by atoms with Crippen LogP contribution in [0.2, 0.25) is 10.0 Å². The molecule has 0 spiro atoms. The first kappa shape index (κ1) is 20.3. The summed E-state index contributed by atoms with van der Waals surface area (Å²) in [5.41, 5.74) is 0.629. The van der Waals surface area contributed by atoms with E-state index in [1.165, 1.54) is 47.3 Å². The van der Waals surface area contributed by atoms with E-state index in [4.69, 9.17) is 23.2 Å². The Labute approximate surface area is 183 Å². The number of nitrogens with zero attached hydrogens (tertiary/aromatic N) is 2. The van der Waals surface area contributed by atoms with E-state index in [0.29, 0.717) is 21.3 Å². The summed E-state index contributed by atoms with van der Waals surface area (Å²) in [6.07, 6.45) is 4.35. The van der Waals surface area contributed by atoms with Crippen molar-refractivity contribution < 1.29 is 8.42 Å². The van der Waals surface area contributed by atoms with Crippen LogP contribution in [-0.2, 0) is 9.84 Å². The summed E-state index contributed by atoms with van der Waals surface area (Å²) < 4.78 is 27.9. The standard InChI is InChI=1S/C22H14Cl2N2O3S/c23-15-7-9-17(10-8-15)30(28,29)18-12-20(19-5-1-2-6-21(19)24)22(27)26(14-18)16-4-3-11-25-13-16/h1-14H. The zero-order chi connectivity index (χ0) is 21.3. The van der Waals surface area contributed by atoms with Gasteiger partial charge in [-0.2, -0.15) is 0 Å². The second-order valence-electron chi connectivity index (χ2n) is 6.41. The van der Waals surface area contributed by atoms with Gasteiger partial charge < -0.3 is 0 Å². The van der Waals surface area contributed by atoms with Gasteiger partial charge in [0.1, 0.15) is 0 Å². The molecule has 0 aliphatic rings. The summed E-state index contributed by atoms with van der Waals surface area (Å²) >= 11 is 12.2. The number of aromatic nitrogens is 2. The first-order chi connectivity index (χ1) is 14.4. The maximum Gasteiger partial charge on any atom is 0.263 e. The molecule has 0 N–H and O–H groups in total. The largest absolute Gasteiger partial charge is 0.281 e. The molecule has 0 unspecified atom stereocenters. The van der Waals surface area contributed by atoms with E-state index >= 15 is 0 Å². The molecule has 0 radical (unpaired) electrons. The van der Waals surface area contributed by atoms with Crippen molar-refractivity contribution in [3.05, 3.63) is 106 Å². The van der Waals surface area contributed by atoms with Gasteiger partial charge in [-0.25, -0.2) is 8.42 Å². The van der Waals surface area contributed by atoms with E-state index in [1.54, 1.807) is 42.6 Å². The Morgan fingerprint density at radius 2 is 1.57 bits per heavy atom. The van der Waals surface area contributed by atoms with Crippen LogP contribution in [0.3, 0.4) is 0 Å². The predicted octanol–water partition coefficient (Wildman–Crippen LogP) is 5.04. The van der Waals surface area contributed by atoms with E-state index in [-0.39, 0.29) is 15.4 Å². The average molecular weight is 457 g/mol. The van der Waals surface area contributed by atoms with Crippen molar-refractivity contribution in [2.75, 3.05) is 0 Å². The quantitative estimate of drug-likeness (QED) is 0.431. The summed E-state index contributed by atoms with van der Waals surface area (Å²) in [4.78, 5) is 17.3. The Morgan fingerprint density at radius 3 is 2.23 bits per heavy atom. The third-order valence-corrected chi connectivity index (χ3v) is 6.83. The molecule has 0 saturated heterocycles. The van der Waals surface area contributed by atoms with Crippen LogP contribution in [-0.4, -0.2) is 18.0 Å². The van der Waals surface area contributed by atoms with E-state index < -0.39 is 15.4 Å². The first-order valence-corrected chi connectivity index (χ1v) is 11.0. The monoisotopic (exact) mass is 456 g/mol. The maximum absolute atomic E-state index is 13.3. The Morgan fingerprint density at radius 1 is 0.833 bits per heavy atom. The molecule has 8 heteroatoms. The van der Waals surface area contributed by atoms with Crippen LogP contribution in [0.1, 0.15) is 0 Å². The van der Waals surface area contributed by atoms with Crippen molar-refractivity contribution in [3.63, 3.8) is 0 Å². The van der Waals surface area contributed by atoms with E-state index in [0.717, 1.165) is 0 Å². The minimum absolute atomic E-state index is 0.0526. The van der Waals surface area contributed by atoms with Gasteiger partial charge in [0.25, 0.3) is 5.56 Å². The molecular formula is C22H14Cl2N2O3S. The number of hydrogen-bond donors (Lipinski definition) is 0. The molecular weight excluding hydrogens is 443 g/mol. The molecule has 150 valence electrons. The first-order valence-electron chi connectivity index (χ1n) is 8.80. The van der Waals surface area contributed by atoms with Crippen LogP contribution in [0.25, 0.3) is 16.8 Å². The van der Waals surface area contributed by atoms with Crippen molar-refractivity contribution in [1.82, 2.24) is 9.55 Å². The number of hydrogen-bond acceptors (Lipinski definition) is 4. The van der Waals surface area contributed by atoms with Gasteiger partial charge in [0, 0.05) is 28.0 Å². The molecule has 0 aliphatic heterocycles. The van der Waals surface area contributed by atoms with Gasteiger partial charge in [0.05, 0.1) is 27.2 Å². The zero-order valence-corrected chi connectivity index (χ0v) is 17.7. The Bertz CT molecular complexity index is 1380. The lowest BCUT2D eigenvalue weighted by molar-refractivity contribution is 0.595. The molecule has 0 fully saturated rings. The van der Waals surface area contributed by atoms with Crippen LogP contribution in [0.5, 0.6) is 0 Å². The van der Waals surface area contributed by atoms with Gasteiger partial charge in [0.15, 0.2) is 0 Å². The van der Waals surface area contributed by atoms with Crippen molar-refractivity contribution >= 4 is 33.0 Å².